The van der Waals surface area contributed by atoms with Crippen LogP contribution < -0.4 is 4.74 Å². The summed E-state index contributed by atoms with van der Waals surface area (Å²) in [5.41, 5.74) is 0.496. The van der Waals surface area contributed by atoms with E-state index >= 15 is 0 Å². The van der Waals surface area contributed by atoms with E-state index in [9.17, 15) is 22.8 Å². The van der Waals surface area contributed by atoms with Crippen molar-refractivity contribution in [2.24, 2.45) is 0 Å². The number of halogens is 3. The summed E-state index contributed by atoms with van der Waals surface area (Å²) >= 11 is 0. The summed E-state index contributed by atoms with van der Waals surface area (Å²) in [6.45, 7) is 3.66. The largest absolute Gasteiger partial charge is 0.487 e. The molecular weight excluding hydrogens is 433 g/mol. The predicted molar refractivity (Wildman–Crippen MR) is 120 cm³/mol. The number of carbonyl (C=O) groups excluding carboxylic acids is 2. The number of hydrogen-bond donors (Lipinski definition) is 0. The van der Waals surface area contributed by atoms with Gasteiger partial charge in [0.25, 0.3) is 5.91 Å². The van der Waals surface area contributed by atoms with Crippen molar-refractivity contribution in [2.75, 3.05) is 19.6 Å². The van der Waals surface area contributed by atoms with Gasteiger partial charge in [0, 0.05) is 26.1 Å². The van der Waals surface area contributed by atoms with Crippen molar-refractivity contribution >= 4 is 11.8 Å². The quantitative estimate of drug-likeness (QED) is 0.582. The molecule has 1 heterocycles. The number of benzene rings is 1. The number of carbonyl (C=O) groups is 2. The Bertz CT molecular complexity index is 799. The highest BCUT2D eigenvalue weighted by molar-refractivity contribution is 5.97. The highest BCUT2D eigenvalue weighted by Crippen LogP contribution is 2.31. The van der Waals surface area contributed by atoms with Gasteiger partial charge in [-0.2, -0.15) is 13.2 Å². The fourth-order valence-corrected chi connectivity index (χ4v) is 4.86. The average Bonchev–Trinajstić information content (AvgIpc) is 2.79. The van der Waals surface area contributed by atoms with Crippen LogP contribution in [-0.2, 0) is 4.79 Å². The minimum atomic E-state index is -4.36. The minimum absolute atomic E-state index is 0.0735. The van der Waals surface area contributed by atoms with Gasteiger partial charge in [-0.25, -0.2) is 0 Å². The van der Waals surface area contributed by atoms with Crippen LogP contribution in [0, 0.1) is 0 Å². The molecule has 0 spiro atoms. The van der Waals surface area contributed by atoms with E-state index in [0.717, 1.165) is 38.5 Å². The number of rotatable bonds is 3. The van der Waals surface area contributed by atoms with Crippen LogP contribution in [0.1, 0.15) is 81.5 Å². The van der Waals surface area contributed by atoms with E-state index in [2.05, 4.69) is 0 Å². The zero-order valence-corrected chi connectivity index (χ0v) is 19.4. The summed E-state index contributed by atoms with van der Waals surface area (Å²) < 4.78 is 44.8. The number of para-hydroxylation sites is 1. The zero-order chi connectivity index (χ0) is 23.8. The average molecular weight is 469 g/mol. The molecule has 0 saturated heterocycles. The first-order valence-electron chi connectivity index (χ1n) is 12.2. The monoisotopic (exact) mass is 468 g/mol. The normalized spacial score (nSPS) is 23.2. The van der Waals surface area contributed by atoms with E-state index in [0.29, 0.717) is 43.8 Å². The van der Waals surface area contributed by atoms with Crippen LogP contribution >= 0.6 is 0 Å². The smallest absolute Gasteiger partial charge is 0.389 e. The van der Waals surface area contributed by atoms with Crippen LogP contribution in [0.2, 0.25) is 0 Å². The molecule has 2 atom stereocenters. The molecule has 0 N–H and O–H groups in total. The van der Waals surface area contributed by atoms with Gasteiger partial charge in [0.15, 0.2) is 0 Å². The molecule has 2 amide bonds. The molecule has 0 radical (unpaired) electrons. The first kappa shape index (κ1) is 25.4. The first-order valence-corrected chi connectivity index (χ1v) is 12.2. The standard InChI is InChI=1S/C25H35F3N2O3/c1-2-29-17-9-3-4-10-18-30(23(31)15-16-25(26,27)28)20-12-6-8-14-22(20)33-21-13-7-5-11-19(21)24(29)32/h5,7,11,13,20,22H,2-4,6,8-10,12,14-18H2,1H3/t20-,22+/m1/s1. The third kappa shape index (κ3) is 7.11. The van der Waals surface area contributed by atoms with E-state index in [1.807, 2.05) is 24.0 Å². The van der Waals surface area contributed by atoms with Crippen LogP contribution in [0.4, 0.5) is 13.2 Å². The van der Waals surface area contributed by atoms with Crippen molar-refractivity contribution < 1.29 is 27.5 Å². The highest BCUT2D eigenvalue weighted by atomic mass is 19.4. The van der Waals surface area contributed by atoms with Gasteiger partial charge in [-0.1, -0.05) is 31.4 Å². The molecule has 1 saturated carbocycles. The molecule has 1 aromatic carbocycles. The van der Waals surface area contributed by atoms with Crippen molar-refractivity contribution in [3.63, 3.8) is 0 Å². The van der Waals surface area contributed by atoms with Crippen molar-refractivity contribution in [3.05, 3.63) is 29.8 Å². The van der Waals surface area contributed by atoms with E-state index in [-0.39, 0.29) is 18.1 Å². The predicted octanol–water partition coefficient (Wildman–Crippen LogP) is 5.58. The Balaban J connectivity index is 1.89. The topological polar surface area (TPSA) is 49.9 Å². The molecular formula is C25H35F3N2O3. The Hall–Kier alpha value is -2.25. The third-order valence-electron chi connectivity index (χ3n) is 6.65. The van der Waals surface area contributed by atoms with Crippen LogP contribution in [-0.4, -0.2) is 59.6 Å². The Labute approximate surface area is 194 Å². The summed E-state index contributed by atoms with van der Waals surface area (Å²) in [5, 5.41) is 0. The number of nitrogens with zero attached hydrogens (tertiary/aromatic N) is 2. The summed E-state index contributed by atoms with van der Waals surface area (Å²) in [6, 6.07) is 6.87. The van der Waals surface area contributed by atoms with Crippen LogP contribution in [0.5, 0.6) is 5.75 Å². The lowest BCUT2D eigenvalue weighted by molar-refractivity contribution is -0.152. The lowest BCUT2D eigenvalue weighted by atomic mass is 9.90. The molecule has 1 fully saturated rings. The Kier molecular flexibility index (Phi) is 9.03. The summed E-state index contributed by atoms with van der Waals surface area (Å²) in [6.07, 6.45) is 0.219. The van der Waals surface area contributed by atoms with Crippen molar-refractivity contribution in [2.45, 2.75) is 89.5 Å². The van der Waals surface area contributed by atoms with Crippen molar-refractivity contribution in [1.29, 1.82) is 0 Å². The van der Waals surface area contributed by atoms with E-state index in [1.165, 1.54) is 0 Å². The second-order valence-electron chi connectivity index (χ2n) is 9.01. The van der Waals surface area contributed by atoms with Gasteiger partial charge in [0.05, 0.1) is 18.0 Å². The second kappa shape index (κ2) is 11.7. The summed E-state index contributed by atoms with van der Waals surface area (Å²) in [7, 11) is 0. The minimum Gasteiger partial charge on any atom is -0.487 e. The number of alkyl halides is 3. The maximum Gasteiger partial charge on any atom is 0.389 e. The van der Waals surface area contributed by atoms with Gasteiger partial charge in [0.1, 0.15) is 11.9 Å². The molecule has 1 aliphatic heterocycles. The fourth-order valence-electron chi connectivity index (χ4n) is 4.86. The van der Waals surface area contributed by atoms with Crippen molar-refractivity contribution in [3.8, 4) is 5.75 Å². The summed E-state index contributed by atoms with van der Waals surface area (Å²) in [5.74, 6) is -0.0466. The SMILES string of the molecule is CCN1CCCCCCN(C(=O)CCC(F)(F)F)[C@@H]2CCCC[C@@H]2Oc2ccccc2C1=O. The number of hydrogen-bond acceptors (Lipinski definition) is 3. The Morgan fingerprint density at radius 1 is 1.03 bits per heavy atom. The zero-order valence-electron chi connectivity index (χ0n) is 19.4. The van der Waals surface area contributed by atoms with E-state index in [1.54, 1.807) is 17.0 Å². The van der Waals surface area contributed by atoms with Crippen LogP contribution in [0.3, 0.4) is 0 Å². The van der Waals surface area contributed by atoms with Crippen LogP contribution in [0.15, 0.2) is 24.3 Å². The van der Waals surface area contributed by atoms with Crippen LogP contribution in [0.25, 0.3) is 0 Å². The Morgan fingerprint density at radius 2 is 1.73 bits per heavy atom. The third-order valence-corrected chi connectivity index (χ3v) is 6.65. The molecule has 8 heteroatoms. The Morgan fingerprint density at radius 3 is 2.45 bits per heavy atom. The maximum atomic E-state index is 13.2. The van der Waals surface area contributed by atoms with E-state index in [4.69, 9.17) is 4.74 Å². The molecule has 184 valence electrons. The van der Waals surface area contributed by atoms with Gasteiger partial charge < -0.3 is 14.5 Å². The van der Waals surface area contributed by atoms with Gasteiger partial charge in [-0.15, -0.1) is 0 Å². The van der Waals surface area contributed by atoms with E-state index < -0.39 is 24.9 Å². The molecule has 0 unspecified atom stereocenters. The molecule has 0 bridgehead atoms. The molecule has 2 aliphatic rings. The molecule has 1 aliphatic carbocycles. The molecule has 5 nitrogen and oxygen atoms in total. The van der Waals surface area contributed by atoms with Gasteiger partial charge in [-0.3, -0.25) is 9.59 Å². The molecule has 1 aromatic rings. The molecule has 33 heavy (non-hydrogen) atoms. The molecule has 0 aromatic heterocycles. The van der Waals surface area contributed by atoms with Crippen molar-refractivity contribution in [1.82, 2.24) is 9.80 Å². The lowest BCUT2D eigenvalue weighted by Crippen LogP contribution is -2.51. The van der Waals surface area contributed by atoms with Gasteiger partial charge in [-0.05, 0) is 51.2 Å². The number of amides is 2. The first-order chi connectivity index (χ1) is 15.8. The van der Waals surface area contributed by atoms with Gasteiger partial charge in [0.2, 0.25) is 5.91 Å². The summed E-state index contributed by atoms with van der Waals surface area (Å²) in [4.78, 5) is 29.6. The molecule has 3 rings (SSSR count). The fraction of sp³-hybridized carbons (Fsp3) is 0.680. The second-order valence-corrected chi connectivity index (χ2v) is 9.01. The maximum absolute atomic E-state index is 13.2. The van der Waals surface area contributed by atoms with Gasteiger partial charge >= 0.3 is 6.18 Å². The highest BCUT2D eigenvalue weighted by Gasteiger charge is 2.36. The lowest BCUT2D eigenvalue weighted by Gasteiger charge is -2.40. The number of fused-ring (bicyclic) bond motifs is 2. The number of ether oxygens (including phenoxy) is 1.